The number of rotatable bonds is 6. The molecule has 0 amide bonds. The van der Waals surface area contributed by atoms with Crippen LogP contribution in [0.5, 0.6) is 5.75 Å². The van der Waals surface area contributed by atoms with Crippen LogP contribution in [0.4, 0.5) is 5.69 Å². The van der Waals surface area contributed by atoms with Gasteiger partial charge in [-0.25, -0.2) is 8.42 Å². The summed E-state index contributed by atoms with van der Waals surface area (Å²) in [5.41, 5.74) is 1.64. The monoisotopic (exact) mass is 382 g/mol. The second kappa shape index (κ2) is 7.51. The van der Waals surface area contributed by atoms with Gasteiger partial charge in [-0.2, -0.15) is 0 Å². The first kappa shape index (κ1) is 18.5. The molecule has 138 valence electrons. The van der Waals surface area contributed by atoms with E-state index in [0.717, 1.165) is 11.6 Å². The Morgan fingerprint density at radius 3 is 2.30 bits per heavy atom. The minimum absolute atomic E-state index is 0.0321. The predicted molar refractivity (Wildman–Crippen MR) is 100 cm³/mol. The molecule has 0 aliphatic heterocycles. The van der Waals surface area contributed by atoms with Gasteiger partial charge in [-0.3, -0.25) is 4.72 Å². The first-order valence-electron chi connectivity index (χ1n) is 7.99. The molecule has 0 fully saturated rings. The predicted octanol–water partition coefficient (Wildman–Crippen LogP) is 2.53. The number of nitrogens with one attached hydrogen (secondary N) is 1. The average Bonchev–Trinajstić information content (AvgIpc) is 2.68. The summed E-state index contributed by atoms with van der Waals surface area (Å²) in [6, 6.07) is 19.8. The lowest BCUT2D eigenvalue weighted by atomic mass is 10.0. The maximum Gasteiger partial charge on any atom is 0.265 e. The van der Waals surface area contributed by atoms with Gasteiger partial charge < -0.3 is 14.6 Å². The quantitative estimate of drug-likeness (QED) is 0.707. The molecule has 0 atom stereocenters. The topological polar surface area (TPSA) is 95.5 Å². The van der Waals surface area contributed by atoms with Crippen molar-refractivity contribution in [2.45, 2.75) is 4.90 Å². The summed E-state index contributed by atoms with van der Waals surface area (Å²) in [6.07, 6.45) is 0. The van der Waals surface area contributed by atoms with Crippen LogP contribution in [0.3, 0.4) is 0 Å². The molecule has 3 aromatic rings. The van der Waals surface area contributed by atoms with Crippen LogP contribution < -0.4 is 14.6 Å². The second-order valence-electron chi connectivity index (χ2n) is 5.67. The van der Waals surface area contributed by atoms with Gasteiger partial charge in [0.1, 0.15) is 10.6 Å². The van der Waals surface area contributed by atoms with Crippen LogP contribution in [-0.2, 0) is 10.0 Å². The third-order valence-electron chi connectivity index (χ3n) is 3.95. The van der Waals surface area contributed by atoms with Crippen LogP contribution in [-0.4, -0.2) is 21.5 Å². The van der Waals surface area contributed by atoms with E-state index in [2.05, 4.69) is 4.72 Å². The smallest absolute Gasteiger partial charge is 0.265 e. The highest BCUT2D eigenvalue weighted by Gasteiger charge is 2.22. The molecular weight excluding hydrogens is 366 g/mol. The number of aromatic carboxylic acids is 1. The first-order valence-corrected chi connectivity index (χ1v) is 9.47. The van der Waals surface area contributed by atoms with E-state index in [1.165, 1.54) is 19.2 Å². The van der Waals surface area contributed by atoms with Gasteiger partial charge in [0.25, 0.3) is 10.0 Å². The molecule has 0 spiro atoms. The number of ether oxygens (including phenoxy) is 1. The third kappa shape index (κ3) is 3.93. The van der Waals surface area contributed by atoms with Gasteiger partial charge in [-0.05, 0) is 35.4 Å². The second-order valence-corrected chi connectivity index (χ2v) is 7.32. The highest BCUT2D eigenvalue weighted by molar-refractivity contribution is 7.92. The molecule has 27 heavy (non-hydrogen) atoms. The minimum atomic E-state index is -4.11. The molecule has 0 bridgehead atoms. The Kier molecular flexibility index (Phi) is 5.14. The summed E-state index contributed by atoms with van der Waals surface area (Å²) in [7, 11) is -2.80. The summed E-state index contributed by atoms with van der Waals surface area (Å²) in [5.74, 6) is -1.44. The van der Waals surface area contributed by atoms with Crippen molar-refractivity contribution in [3.8, 4) is 16.9 Å². The summed E-state index contributed by atoms with van der Waals surface area (Å²) in [5, 5.41) is 11.1. The van der Waals surface area contributed by atoms with Crippen LogP contribution >= 0.6 is 0 Å². The maximum atomic E-state index is 12.9. The summed E-state index contributed by atoms with van der Waals surface area (Å²) >= 11 is 0. The zero-order chi connectivity index (χ0) is 19.4. The van der Waals surface area contributed by atoms with Gasteiger partial charge in [0, 0.05) is 5.56 Å². The van der Waals surface area contributed by atoms with Crippen molar-refractivity contribution in [1.82, 2.24) is 0 Å². The molecule has 0 radical (unpaired) electrons. The van der Waals surface area contributed by atoms with Crippen molar-refractivity contribution in [3.63, 3.8) is 0 Å². The van der Waals surface area contributed by atoms with Crippen molar-refractivity contribution in [3.05, 3.63) is 78.4 Å². The SMILES string of the molecule is COc1ccc(C(=O)[O-])cc1S(=O)(=O)Nc1ccccc1-c1ccccc1. The van der Waals surface area contributed by atoms with Crippen LogP contribution in [0.1, 0.15) is 10.4 Å². The molecular formula is C20H16NO5S-. The first-order chi connectivity index (χ1) is 12.9. The highest BCUT2D eigenvalue weighted by Crippen LogP contribution is 2.32. The van der Waals surface area contributed by atoms with Crippen LogP contribution in [0.25, 0.3) is 11.1 Å². The Balaban J connectivity index is 2.07. The van der Waals surface area contributed by atoms with Gasteiger partial charge in [0.2, 0.25) is 0 Å². The molecule has 0 saturated carbocycles. The molecule has 0 aliphatic rings. The number of benzene rings is 3. The number of hydrogen-bond donors (Lipinski definition) is 1. The van der Waals surface area contributed by atoms with E-state index in [0.29, 0.717) is 11.3 Å². The molecule has 7 heteroatoms. The largest absolute Gasteiger partial charge is 0.545 e. The van der Waals surface area contributed by atoms with Crippen molar-refractivity contribution >= 4 is 21.7 Å². The summed E-state index contributed by atoms with van der Waals surface area (Å²) < 4.78 is 33.5. The number of carboxylic acids is 1. The van der Waals surface area contributed by atoms with Gasteiger partial charge in [-0.15, -0.1) is 0 Å². The fourth-order valence-corrected chi connectivity index (χ4v) is 3.93. The summed E-state index contributed by atoms with van der Waals surface area (Å²) in [4.78, 5) is 10.8. The van der Waals surface area contributed by atoms with Crippen molar-refractivity contribution in [2.24, 2.45) is 0 Å². The average molecular weight is 382 g/mol. The van der Waals surface area contributed by atoms with E-state index in [9.17, 15) is 18.3 Å². The van der Waals surface area contributed by atoms with Crippen LogP contribution in [0.15, 0.2) is 77.7 Å². The minimum Gasteiger partial charge on any atom is -0.545 e. The summed E-state index contributed by atoms with van der Waals surface area (Å²) in [6.45, 7) is 0. The molecule has 3 rings (SSSR count). The molecule has 1 N–H and O–H groups in total. The van der Waals surface area contributed by atoms with E-state index in [1.54, 1.807) is 24.3 Å². The number of methoxy groups -OCH3 is 1. The standard InChI is InChI=1S/C20H17NO5S/c1-26-18-12-11-15(20(22)23)13-19(18)27(24,25)21-17-10-6-5-9-16(17)14-7-3-2-4-8-14/h2-13,21H,1H3,(H,22,23)/p-1. The number of hydrogen-bond acceptors (Lipinski definition) is 5. The highest BCUT2D eigenvalue weighted by atomic mass is 32.2. The number of anilines is 1. The zero-order valence-electron chi connectivity index (χ0n) is 14.4. The zero-order valence-corrected chi connectivity index (χ0v) is 15.2. The molecule has 3 aromatic carbocycles. The number of para-hydroxylation sites is 1. The fourth-order valence-electron chi connectivity index (χ4n) is 2.65. The Labute approximate surface area is 157 Å². The Morgan fingerprint density at radius 2 is 1.63 bits per heavy atom. The molecule has 0 aromatic heterocycles. The third-order valence-corrected chi connectivity index (χ3v) is 5.33. The maximum absolute atomic E-state index is 12.9. The van der Waals surface area contributed by atoms with Crippen molar-refractivity contribution in [2.75, 3.05) is 11.8 Å². The molecule has 0 aliphatic carbocycles. The molecule has 6 nitrogen and oxygen atoms in total. The molecule has 0 heterocycles. The molecule has 0 unspecified atom stereocenters. The van der Waals surface area contributed by atoms with Crippen molar-refractivity contribution in [1.29, 1.82) is 0 Å². The van der Waals surface area contributed by atoms with E-state index >= 15 is 0 Å². The van der Waals surface area contributed by atoms with Crippen LogP contribution in [0, 0.1) is 0 Å². The lowest BCUT2D eigenvalue weighted by Gasteiger charge is -2.16. The normalized spacial score (nSPS) is 11.0. The fraction of sp³-hybridized carbons (Fsp3) is 0.0500. The van der Waals surface area contributed by atoms with Crippen molar-refractivity contribution < 1.29 is 23.1 Å². The van der Waals surface area contributed by atoms with Gasteiger partial charge >= 0.3 is 0 Å². The number of sulfonamides is 1. The van der Waals surface area contributed by atoms with Gasteiger partial charge in [0.05, 0.1) is 18.8 Å². The van der Waals surface area contributed by atoms with Gasteiger partial charge in [-0.1, -0.05) is 48.5 Å². The van der Waals surface area contributed by atoms with E-state index in [1.807, 2.05) is 30.3 Å². The molecule has 0 saturated heterocycles. The van der Waals surface area contributed by atoms with Crippen LogP contribution in [0.2, 0.25) is 0 Å². The Bertz CT molecular complexity index is 1080. The number of carbonyl (C=O) groups excluding carboxylic acids is 1. The van der Waals surface area contributed by atoms with E-state index in [4.69, 9.17) is 4.74 Å². The van der Waals surface area contributed by atoms with Gasteiger partial charge in [0.15, 0.2) is 0 Å². The van der Waals surface area contributed by atoms with E-state index in [-0.39, 0.29) is 16.2 Å². The van der Waals surface area contributed by atoms with E-state index < -0.39 is 16.0 Å². The Morgan fingerprint density at radius 1 is 0.963 bits per heavy atom. The lowest BCUT2D eigenvalue weighted by Crippen LogP contribution is -2.23. The lowest BCUT2D eigenvalue weighted by molar-refractivity contribution is -0.255. The number of carbonyl (C=O) groups is 1. The Hall–Kier alpha value is -3.32. The number of carboxylic acid groups (broad SMARTS) is 1.